The van der Waals surface area contributed by atoms with Crippen LogP contribution in [0.15, 0.2) is 127 Å². The van der Waals surface area contributed by atoms with Gasteiger partial charge in [0, 0.05) is 34.2 Å². The monoisotopic (exact) mass is 460 g/mol. The molecule has 0 bridgehead atoms. The van der Waals surface area contributed by atoms with Gasteiger partial charge in [0.2, 0.25) is 0 Å². The molecule has 8 aromatic rings. The predicted octanol–water partition coefficient (Wildman–Crippen LogP) is 9.48. The van der Waals surface area contributed by atoms with Crippen molar-refractivity contribution < 1.29 is 1.43 Å². The number of aromatic nitrogens is 2. The van der Waals surface area contributed by atoms with Gasteiger partial charge in [0.1, 0.15) is 0 Å². The number of nitrogens with zero attached hydrogens (tertiary/aromatic N) is 1. The largest absolute Gasteiger partial charge is 0.353 e. The van der Waals surface area contributed by atoms with Gasteiger partial charge < -0.3 is 9.55 Å². The lowest BCUT2D eigenvalue weighted by atomic mass is 9.98. The molecule has 0 amide bonds. The molecule has 0 saturated carbocycles. The fourth-order valence-corrected chi connectivity index (χ4v) is 5.99. The topological polar surface area (TPSA) is 20.7 Å². The average Bonchev–Trinajstić information content (AvgIpc) is 3.51. The first-order valence-corrected chi connectivity index (χ1v) is 12.4. The SMILES string of the molecule is [HH].c1ccc(-c2cccc(-n3c4ccccc4c4c5ccccc5c5c6ccccc6[nH]c5c43)c2)cc1. The van der Waals surface area contributed by atoms with Gasteiger partial charge in [0.15, 0.2) is 0 Å². The number of hydrogen-bond donors (Lipinski definition) is 1. The third-order valence-electron chi connectivity index (χ3n) is 7.49. The van der Waals surface area contributed by atoms with E-state index in [1.165, 1.54) is 65.5 Å². The summed E-state index contributed by atoms with van der Waals surface area (Å²) in [6, 6.07) is 45.8. The molecule has 0 radical (unpaired) electrons. The fourth-order valence-electron chi connectivity index (χ4n) is 5.99. The van der Waals surface area contributed by atoms with Gasteiger partial charge in [-0.3, -0.25) is 0 Å². The summed E-state index contributed by atoms with van der Waals surface area (Å²) in [5.41, 5.74) is 8.40. The van der Waals surface area contributed by atoms with Gasteiger partial charge in [-0.05, 0) is 46.2 Å². The molecule has 0 atom stereocenters. The van der Waals surface area contributed by atoms with Crippen LogP contribution in [-0.2, 0) is 0 Å². The molecule has 170 valence electrons. The minimum absolute atomic E-state index is 0. The van der Waals surface area contributed by atoms with E-state index in [2.05, 4.69) is 137 Å². The average molecular weight is 461 g/mol. The van der Waals surface area contributed by atoms with Crippen molar-refractivity contribution in [1.29, 1.82) is 0 Å². The van der Waals surface area contributed by atoms with E-state index < -0.39 is 0 Å². The van der Waals surface area contributed by atoms with Gasteiger partial charge in [-0.2, -0.15) is 0 Å². The zero-order valence-electron chi connectivity index (χ0n) is 19.6. The van der Waals surface area contributed by atoms with Crippen LogP contribution in [0.5, 0.6) is 0 Å². The molecule has 0 unspecified atom stereocenters. The Hall–Kier alpha value is -4.82. The second-order valence-electron chi connectivity index (χ2n) is 9.46. The summed E-state index contributed by atoms with van der Waals surface area (Å²) in [7, 11) is 0. The zero-order valence-corrected chi connectivity index (χ0v) is 19.6. The fraction of sp³-hybridized carbons (Fsp3) is 0. The highest BCUT2D eigenvalue weighted by Crippen LogP contribution is 2.44. The van der Waals surface area contributed by atoms with E-state index in [9.17, 15) is 0 Å². The molecular formula is C34H24N2. The van der Waals surface area contributed by atoms with Crippen molar-refractivity contribution in [2.45, 2.75) is 0 Å². The molecule has 0 spiro atoms. The summed E-state index contributed by atoms with van der Waals surface area (Å²) in [5, 5.41) is 7.70. The second kappa shape index (κ2) is 7.34. The first-order chi connectivity index (χ1) is 17.9. The van der Waals surface area contributed by atoms with Gasteiger partial charge >= 0.3 is 0 Å². The van der Waals surface area contributed by atoms with Crippen LogP contribution in [0.2, 0.25) is 0 Å². The summed E-state index contributed by atoms with van der Waals surface area (Å²) >= 11 is 0. The number of aromatic amines is 1. The van der Waals surface area contributed by atoms with Gasteiger partial charge in [-0.15, -0.1) is 0 Å². The van der Waals surface area contributed by atoms with E-state index in [1.54, 1.807) is 0 Å². The van der Waals surface area contributed by atoms with E-state index in [-0.39, 0.29) is 1.43 Å². The van der Waals surface area contributed by atoms with Gasteiger partial charge in [0.25, 0.3) is 0 Å². The smallest absolute Gasteiger partial charge is 0.0789 e. The predicted molar refractivity (Wildman–Crippen MR) is 155 cm³/mol. The van der Waals surface area contributed by atoms with Crippen molar-refractivity contribution >= 4 is 54.4 Å². The second-order valence-corrected chi connectivity index (χ2v) is 9.46. The Labute approximate surface area is 209 Å². The third kappa shape index (κ3) is 2.61. The zero-order chi connectivity index (χ0) is 23.6. The van der Waals surface area contributed by atoms with Crippen LogP contribution < -0.4 is 0 Å². The molecule has 2 heterocycles. The van der Waals surface area contributed by atoms with Gasteiger partial charge in [-0.25, -0.2) is 0 Å². The molecule has 36 heavy (non-hydrogen) atoms. The lowest BCUT2D eigenvalue weighted by Crippen LogP contribution is -1.95. The molecule has 2 aromatic heterocycles. The molecule has 2 heteroatoms. The van der Waals surface area contributed by atoms with Gasteiger partial charge in [0.05, 0.1) is 16.6 Å². The van der Waals surface area contributed by atoms with Crippen LogP contribution in [0.3, 0.4) is 0 Å². The number of para-hydroxylation sites is 2. The van der Waals surface area contributed by atoms with Gasteiger partial charge in [-0.1, -0.05) is 103 Å². The Bertz CT molecular complexity index is 2100. The number of rotatable bonds is 2. The Morgan fingerprint density at radius 3 is 1.97 bits per heavy atom. The molecule has 0 aliphatic rings. The lowest BCUT2D eigenvalue weighted by molar-refractivity contribution is 1.18. The van der Waals surface area contributed by atoms with E-state index in [1.807, 2.05) is 0 Å². The molecule has 0 aliphatic heterocycles. The number of hydrogen-bond acceptors (Lipinski definition) is 0. The highest BCUT2D eigenvalue weighted by Gasteiger charge is 2.21. The summed E-state index contributed by atoms with van der Waals surface area (Å²) < 4.78 is 2.45. The van der Waals surface area contributed by atoms with Crippen molar-refractivity contribution in [1.82, 2.24) is 9.55 Å². The number of nitrogens with one attached hydrogen (secondary N) is 1. The molecule has 0 aliphatic carbocycles. The van der Waals surface area contributed by atoms with Crippen molar-refractivity contribution in [3.8, 4) is 16.8 Å². The maximum atomic E-state index is 3.81. The Balaban J connectivity index is 0.00000231. The highest BCUT2D eigenvalue weighted by atomic mass is 15.0. The molecular weight excluding hydrogens is 436 g/mol. The highest BCUT2D eigenvalue weighted by molar-refractivity contribution is 6.35. The number of fused-ring (bicyclic) bond motifs is 10. The van der Waals surface area contributed by atoms with E-state index in [0.717, 1.165) is 5.69 Å². The maximum absolute atomic E-state index is 3.81. The third-order valence-corrected chi connectivity index (χ3v) is 7.49. The minimum Gasteiger partial charge on any atom is -0.353 e. The first-order valence-electron chi connectivity index (χ1n) is 12.4. The minimum atomic E-state index is 0. The standard InChI is InChI=1S/C34H22N2.H2/c1-2-11-22(12-3-1)23-13-10-14-24(21-23)36-30-20-9-7-18-28(30)32-26-16-5-4-15-25(26)31-27-17-6-8-19-29(27)35-33(31)34(32)36;/h1-21,35H;1H. The Morgan fingerprint density at radius 2 is 1.14 bits per heavy atom. The first kappa shape index (κ1) is 19.5. The molecule has 1 N–H and O–H groups in total. The van der Waals surface area contributed by atoms with Crippen molar-refractivity contribution in [2.75, 3.05) is 0 Å². The van der Waals surface area contributed by atoms with Crippen LogP contribution >= 0.6 is 0 Å². The van der Waals surface area contributed by atoms with Crippen LogP contribution in [0.4, 0.5) is 0 Å². The van der Waals surface area contributed by atoms with Crippen LogP contribution in [0, 0.1) is 0 Å². The summed E-state index contributed by atoms with van der Waals surface area (Å²) in [6.45, 7) is 0. The van der Waals surface area contributed by atoms with E-state index in [4.69, 9.17) is 0 Å². The lowest BCUT2D eigenvalue weighted by Gasteiger charge is -2.12. The Kier molecular flexibility index (Phi) is 3.97. The van der Waals surface area contributed by atoms with Crippen molar-refractivity contribution in [2.24, 2.45) is 0 Å². The van der Waals surface area contributed by atoms with Crippen LogP contribution in [0.1, 0.15) is 1.43 Å². The number of H-pyrrole nitrogens is 1. The Morgan fingerprint density at radius 1 is 0.500 bits per heavy atom. The van der Waals surface area contributed by atoms with Crippen molar-refractivity contribution in [3.63, 3.8) is 0 Å². The summed E-state index contributed by atoms with van der Waals surface area (Å²) in [6.07, 6.45) is 0. The number of benzene rings is 6. The molecule has 0 saturated heterocycles. The normalized spacial score (nSPS) is 11.9. The maximum Gasteiger partial charge on any atom is 0.0789 e. The van der Waals surface area contributed by atoms with Crippen LogP contribution in [-0.4, -0.2) is 9.55 Å². The molecule has 2 nitrogen and oxygen atoms in total. The molecule has 6 aromatic carbocycles. The van der Waals surface area contributed by atoms with E-state index >= 15 is 0 Å². The van der Waals surface area contributed by atoms with E-state index in [0.29, 0.717) is 0 Å². The quantitative estimate of drug-likeness (QED) is 0.265. The van der Waals surface area contributed by atoms with Crippen LogP contribution in [0.25, 0.3) is 71.2 Å². The summed E-state index contributed by atoms with van der Waals surface area (Å²) in [4.78, 5) is 3.81. The molecule has 0 fully saturated rings. The summed E-state index contributed by atoms with van der Waals surface area (Å²) in [5.74, 6) is 0. The molecule has 8 rings (SSSR count). The van der Waals surface area contributed by atoms with Crippen molar-refractivity contribution in [3.05, 3.63) is 127 Å².